The Morgan fingerprint density at radius 3 is 2.42 bits per heavy atom. The van der Waals surface area contributed by atoms with Crippen molar-refractivity contribution in [3.63, 3.8) is 0 Å². The third-order valence-corrected chi connectivity index (χ3v) is 5.81. The largest absolute Gasteiger partial charge is 0.434 e. The summed E-state index contributed by atoms with van der Waals surface area (Å²) < 4.78 is 49.1. The number of thiazole rings is 1. The van der Waals surface area contributed by atoms with Gasteiger partial charge in [-0.1, -0.05) is 0 Å². The zero-order valence-electron chi connectivity index (χ0n) is 14.2. The minimum Gasteiger partial charge on any atom is -0.356 e. The van der Waals surface area contributed by atoms with Gasteiger partial charge >= 0.3 is 6.18 Å². The summed E-state index contributed by atoms with van der Waals surface area (Å²) in [6, 6.07) is 0. The Morgan fingerprint density at radius 1 is 1.29 bits per heavy atom. The Hall–Kier alpha value is -1.16. The molecule has 0 fully saturated rings. The van der Waals surface area contributed by atoms with Gasteiger partial charge in [-0.05, 0) is 20.8 Å². The maximum absolute atomic E-state index is 12.5. The lowest BCUT2D eigenvalue weighted by atomic mass is 10.3. The normalized spacial score (nSPS) is 14.5. The molecule has 24 heavy (non-hydrogen) atoms. The summed E-state index contributed by atoms with van der Waals surface area (Å²) in [6.45, 7) is 6.66. The van der Waals surface area contributed by atoms with Crippen LogP contribution in [0, 0.1) is 0 Å². The molecule has 1 aromatic heterocycles. The minimum atomic E-state index is -4.40. The number of alkyl halides is 3. The number of aromatic nitrogens is 1. The maximum Gasteiger partial charge on any atom is 0.434 e. The molecular formula is C14H23F3N4OS2. The predicted octanol–water partition coefficient (Wildman–Crippen LogP) is 2.42. The molecule has 0 bridgehead atoms. The van der Waals surface area contributed by atoms with E-state index >= 15 is 0 Å². The van der Waals surface area contributed by atoms with Gasteiger partial charge in [0.05, 0.1) is 5.01 Å². The van der Waals surface area contributed by atoms with Gasteiger partial charge in [-0.15, -0.1) is 11.3 Å². The molecule has 0 saturated heterocycles. The highest BCUT2D eigenvalue weighted by molar-refractivity contribution is 7.86. The molecule has 1 unspecified atom stereocenters. The molecule has 1 rings (SSSR count). The van der Waals surface area contributed by atoms with E-state index in [0.717, 1.165) is 16.7 Å². The van der Waals surface area contributed by atoms with E-state index in [2.05, 4.69) is 20.6 Å². The number of hydrogen-bond acceptors (Lipinski definition) is 4. The first-order valence-electron chi connectivity index (χ1n) is 7.38. The summed E-state index contributed by atoms with van der Waals surface area (Å²) in [6.07, 6.45) is -4.03. The van der Waals surface area contributed by atoms with E-state index in [1.165, 1.54) is 0 Å². The number of guanidine groups is 1. The van der Waals surface area contributed by atoms with Crippen molar-refractivity contribution in [3.05, 3.63) is 16.1 Å². The average Bonchev–Trinajstić information content (AvgIpc) is 2.93. The Bertz CT molecular complexity index is 579. The van der Waals surface area contributed by atoms with Crippen LogP contribution in [0.5, 0.6) is 0 Å². The highest BCUT2D eigenvalue weighted by Crippen LogP contribution is 2.29. The summed E-state index contributed by atoms with van der Waals surface area (Å²) in [5.74, 6) is 1.01. The molecule has 0 radical (unpaired) electrons. The highest BCUT2D eigenvalue weighted by Gasteiger charge is 2.33. The molecule has 1 atom stereocenters. The number of aliphatic imine (C=N–C) groups is 1. The summed E-state index contributed by atoms with van der Waals surface area (Å²) >= 11 is 0.989. The molecule has 2 N–H and O–H groups in total. The zero-order valence-corrected chi connectivity index (χ0v) is 15.8. The monoisotopic (exact) mass is 384 g/mol. The Morgan fingerprint density at radius 2 is 1.92 bits per heavy atom. The Kier molecular flexibility index (Phi) is 7.65. The molecule has 0 aliphatic carbocycles. The predicted molar refractivity (Wildman–Crippen MR) is 92.9 cm³/mol. The molecule has 0 saturated carbocycles. The first kappa shape index (κ1) is 20.9. The highest BCUT2D eigenvalue weighted by atomic mass is 32.2. The quantitative estimate of drug-likeness (QED) is 0.584. The van der Waals surface area contributed by atoms with Gasteiger partial charge in [0, 0.05) is 53.2 Å². The van der Waals surface area contributed by atoms with Crippen molar-refractivity contribution in [2.75, 3.05) is 25.9 Å². The average molecular weight is 384 g/mol. The summed E-state index contributed by atoms with van der Waals surface area (Å²) in [5.41, 5.74) is -0.852. The standard InChI is InChI=1S/C14H23F3N4OS2/c1-13(2,3)24(22)8-7-20-12(18-4)19-6-5-11-21-10(9-23-11)14(15,16)17/h9H,5-8H2,1-4H3,(H2,18,19,20). The van der Waals surface area contributed by atoms with Crippen LogP contribution in [-0.4, -0.2) is 45.8 Å². The van der Waals surface area contributed by atoms with Crippen LogP contribution in [0.3, 0.4) is 0 Å². The molecule has 1 heterocycles. The molecular weight excluding hydrogens is 361 g/mol. The van der Waals surface area contributed by atoms with E-state index in [1.807, 2.05) is 20.8 Å². The molecule has 0 aliphatic heterocycles. The SMILES string of the molecule is CN=C(NCCc1nc(C(F)(F)F)cs1)NCCS(=O)C(C)(C)C. The van der Waals surface area contributed by atoms with Gasteiger partial charge < -0.3 is 10.6 Å². The van der Waals surface area contributed by atoms with Gasteiger partial charge in [-0.3, -0.25) is 9.20 Å². The van der Waals surface area contributed by atoms with Crippen LogP contribution in [0.25, 0.3) is 0 Å². The maximum atomic E-state index is 12.5. The number of rotatable bonds is 6. The van der Waals surface area contributed by atoms with Crippen molar-refractivity contribution in [2.45, 2.75) is 38.1 Å². The van der Waals surface area contributed by atoms with Crippen LogP contribution in [-0.2, 0) is 23.4 Å². The number of halogens is 3. The van der Waals surface area contributed by atoms with Crippen LogP contribution in [0.1, 0.15) is 31.5 Å². The topological polar surface area (TPSA) is 66.4 Å². The van der Waals surface area contributed by atoms with Crippen molar-refractivity contribution in [1.82, 2.24) is 15.6 Å². The second-order valence-corrected chi connectivity index (χ2v) is 9.23. The zero-order chi connectivity index (χ0) is 18.4. The van der Waals surface area contributed by atoms with Gasteiger partial charge in [-0.25, -0.2) is 4.98 Å². The fourth-order valence-electron chi connectivity index (χ4n) is 1.63. The molecule has 0 amide bonds. The van der Waals surface area contributed by atoms with Gasteiger partial charge in [-0.2, -0.15) is 13.2 Å². The van der Waals surface area contributed by atoms with Crippen molar-refractivity contribution < 1.29 is 17.4 Å². The summed E-state index contributed by atoms with van der Waals surface area (Å²) in [5, 5.41) is 7.47. The van der Waals surface area contributed by atoms with Crippen LogP contribution >= 0.6 is 11.3 Å². The lowest BCUT2D eigenvalue weighted by Gasteiger charge is -2.18. The molecule has 0 spiro atoms. The van der Waals surface area contributed by atoms with E-state index in [0.29, 0.717) is 36.2 Å². The molecule has 138 valence electrons. The number of hydrogen-bond donors (Lipinski definition) is 2. The van der Waals surface area contributed by atoms with Crippen molar-refractivity contribution in [2.24, 2.45) is 4.99 Å². The smallest absolute Gasteiger partial charge is 0.356 e. The Labute approximate surface area is 146 Å². The van der Waals surface area contributed by atoms with Crippen LogP contribution in [0.2, 0.25) is 0 Å². The first-order chi connectivity index (χ1) is 11.0. The van der Waals surface area contributed by atoms with Crippen molar-refractivity contribution in [3.8, 4) is 0 Å². The molecule has 10 heteroatoms. The fraction of sp³-hybridized carbons (Fsp3) is 0.714. The molecule has 1 aromatic rings. The lowest BCUT2D eigenvalue weighted by molar-refractivity contribution is -0.140. The van der Waals surface area contributed by atoms with E-state index in [1.54, 1.807) is 7.05 Å². The number of nitrogens with zero attached hydrogens (tertiary/aromatic N) is 2. The summed E-state index contributed by atoms with van der Waals surface area (Å²) in [4.78, 5) is 7.59. The van der Waals surface area contributed by atoms with E-state index in [9.17, 15) is 17.4 Å². The molecule has 0 aromatic carbocycles. The van der Waals surface area contributed by atoms with Gasteiger partial charge in [0.2, 0.25) is 0 Å². The summed E-state index contributed by atoms with van der Waals surface area (Å²) in [7, 11) is 0.641. The molecule has 0 aliphatic rings. The Balaban J connectivity index is 2.35. The fourth-order valence-corrected chi connectivity index (χ4v) is 3.34. The second kappa shape index (κ2) is 8.80. The van der Waals surface area contributed by atoms with E-state index in [-0.39, 0.29) is 4.75 Å². The molecule has 5 nitrogen and oxygen atoms in total. The van der Waals surface area contributed by atoms with Crippen LogP contribution in [0.15, 0.2) is 10.4 Å². The van der Waals surface area contributed by atoms with Crippen LogP contribution in [0.4, 0.5) is 13.2 Å². The van der Waals surface area contributed by atoms with Gasteiger partial charge in [0.25, 0.3) is 0 Å². The van der Waals surface area contributed by atoms with Crippen molar-refractivity contribution in [1.29, 1.82) is 0 Å². The van der Waals surface area contributed by atoms with Crippen LogP contribution < -0.4 is 10.6 Å². The third kappa shape index (κ3) is 7.16. The second-order valence-electron chi connectivity index (χ2n) is 5.96. The van der Waals surface area contributed by atoms with Crippen molar-refractivity contribution >= 4 is 28.1 Å². The third-order valence-electron chi connectivity index (χ3n) is 2.96. The van der Waals surface area contributed by atoms with Gasteiger partial charge in [0.15, 0.2) is 11.7 Å². The van der Waals surface area contributed by atoms with E-state index < -0.39 is 22.7 Å². The number of nitrogens with one attached hydrogen (secondary N) is 2. The minimum absolute atomic E-state index is 0.264. The van der Waals surface area contributed by atoms with E-state index in [4.69, 9.17) is 0 Å². The van der Waals surface area contributed by atoms with Gasteiger partial charge in [0.1, 0.15) is 0 Å². The first-order valence-corrected chi connectivity index (χ1v) is 9.58. The lowest BCUT2D eigenvalue weighted by Crippen LogP contribution is -2.41.